The second-order valence-corrected chi connectivity index (χ2v) is 5.32. The van der Waals surface area contributed by atoms with E-state index in [1.165, 1.54) is 12.1 Å². The average molecular weight is 282 g/mol. The minimum atomic E-state index is -3.71. The number of rotatable bonds is 3. The van der Waals surface area contributed by atoms with Gasteiger partial charge in [-0.3, -0.25) is 20.2 Å². The molecule has 0 atom stereocenters. The van der Waals surface area contributed by atoms with Crippen LogP contribution < -0.4 is 15.8 Å². The number of aliphatic imine (C=N–C) groups is 1. The van der Waals surface area contributed by atoms with E-state index < -0.39 is 21.8 Å². The molecule has 0 unspecified atom stereocenters. The number of nitrogens with one attached hydrogen (secondary N) is 2. The molecule has 4 N–H and O–H groups in total. The van der Waals surface area contributed by atoms with Gasteiger partial charge in [0.25, 0.3) is 0 Å². The van der Waals surface area contributed by atoms with Crippen molar-refractivity contribution in [2.24, 2.45) is 10.1 Å². The Labute approximate surface area is 108 Å². The molecule has 8 nitrogen and oxygen atoms in total. The van der Waals surface area contributed by atoms with Crippen molar-refractivity contribution in [2.45, 2.75) is 11.4 Å². The smallest absolute Gasteiger partial charge is 0.288 e. The van der Waals surface area contributed by atoms with Crippen molar-refractivity contribution in [3.8, 4) is 0 Å². The van der Waals surface area contributed by atoms with Gasteiger partial charge in [-0.05, 0) is 17.7 Å². The fourth-order valence-corrected chi connectivity index (χ4v) is 1.91. The number of guanidine groups is 1. The lowest BCUT2D eigenvalue weighted by Gasteiger charge is -2.01. The van der Waals surface area contributed by atoms with E-state index in [4.69, 9.17) is 5.14 Å². The van der Waals surface area contributed by atoms with Crippen LogP contribution in [0.15, 0.2) is 34.2 Å². The number of sulfonamides is 1. The van der Waals surface area contributed by atoms with Gasteiger partial charge in [-0.15, -0.1) is 0 Å². The zero-order valence-electron chi connectivity index (χ0n) is 9.58. The van der Waals surface area contributed by atoms with Gasteiger partial charge in [-0.25, -0.2) is 18.5 Å². The van der Waals surface area contributed by atoms with E-state index in [-0.39, 0.29) is 17.4 Å². The van der Waals surface area contributed by atoms with E-state index >= 15 is 0 Å². The molecule has 2 rings (SSSR count). The average Bonchev–Trinajstić information content (AvgIpc) is 2.66. The van der Waals surface area contributed by atoms with Crippen LogP contribution in [0, 0.1) is 0 Å². The molecule has 0 aliphatic carbocycles. The van der Waals surface area contributed by atoms with Crippen molar-refractivity contribution in [3.63, 3.8) is 0 Å². The van der Waals surface area contributed by atoms with Gasteiger partial charge in [0.1, 0.15) is 0 Å². The molecule has 1 aliphatic heterocycles. The molecule has 9 heteroatoms. The second-order valence-electron chi connectivity index (χ2n) is 3.76. The van der Waals surface area contributed by atoms with Crippen molar-refractivity contribution >= 4 is 27.8 Å². The summed E-state index contributed by atoms with van der Waals surface area (Å²) in [4.78, 5) is 25.7. The van der Waals surface area contributed by atoms with E-state index in [1.54, 1.807) is 12.1 Å². The van der Waals surface area contributed by atoms with Crippen LogP contribution in [0.4, 0.5) is 0 Å². The van der Waals surface area contributed by atoms with Crippen LogP contribution in [0.3, 0.4) is 0 Å². The quantitative estimate of drug-likeness (QED) is 0.578. The summed E-state index contributed by atoms with van der Waals surface area (Å²) < 4.78 is 22.1. The third kappa shape index (κ3) is 3.14. The summed E-state index contributed by atoms with van der Waals surface area (Å²) in [7, 11) is -3.71. The van der Waals surface area contributed by atoms with Crippen LogP contribution in [-0.4, -0.2) is 26.2 Å². The molecule has 2 amide bonds. The molecular weight excluding hydrogens is 272 g/mol. The summed E-state index contributed by atoms with van der Waals surface area (Å²) in [5.41, 5.74) is 0.704. The predicted molar refractivity (Wildman–Crippen MR) is 65.2 cm³/mol. The maximum absolute atomic E-state index is 11.0. The monoisotopic (exact) mass is 282 g/mol. The first-order chi connectivity index (χ1) is 8.86. The molecule has 0 bridgehead atoms. The fourth-order valence-electron chi connectivity index (χ4n) is 1.39. The van der Waals surface area contributed by atoms with Gasteiger partial charge < -0.3 is 0 Å². The topological polar surface area (TPSA) is 131 Å². The van der Waals surface area contributed by atoms with Crippen molar-refractivity contribution < 1.29 is 18.0 Å². The molecule has 0 saturated carbocycles. The highest BCUT2D eigenvalue weighted by Crippen LogP contribution is 2.09. The van der Waals surface area contributed by atoms with Gasteiger partial charge in [0.2, 0.25) is 16.0 Å². The minimum Gasteiger partial charge on any atom is -0.288 e. The molecule has 1 aliphatic rings. The summed E-state index contributed by atoms with van der Waals surface area (Å²) >= 11 is 0. The normalized spacial score (nSPS) is 15.1. The van der Waals surface area contributed by atoms with E-state index in [0.717, 1.165) is 0 Å². The van der Waals surface area contributed by atoms with E-state index in [2.05, 4.69) is 15.6 Å². The summed E-state index contributed by atoms with van der Waals surface area (Å²) in [6.45, 7) is 0.181. The number of benzene rings is 1. The Morgan fingerprint density at radius 1 is 1.05 bits per heavy atom. The van der Waals surface area contributed by atoms with Crippen LogP contribution in [0.2, 0.25) is 0 Å². The molecule has 1 fully saturated rings. The Morgan fingerprint density at radius 3 is 2.05 bits per heavy atom. The van der Waals surface area contributed by atoms with Crippen molar-refractivity contribution in [1.29, 1.82) is 0 Å². The maximum Gasteiger partial charge on any atom is 0.316 e. The first-order valence-electron chi connectivity index (χ1n) is 5.15. The van der Waals surface area contributed by atoms with Crippen LogP contribution >= 0.6 is 0 Å². The SMILES string of the molecule is NS(=O)(=O)c1ccc(CN=C2NC(=O)C(=O)N2)cc1. The van der Waals surface area contributed by atoms with Crippen LogP contribution in [-0.2, 0) is 26.2 Å². The summed E-state index contributed by atoms with van der Waals surface area (Å²) in [5, 5.41) is 9.45. The highest BCUT2D eigenvalue weighted by Gasteiger charge is 2.24. The summed E-state index contributed by atoms with van der Waals surface area (Å²) in [6, 6.07) is 5.80. The molecule has 0 radical (unpaired) electrons. The Hall–Kier alpha value is -2.26. The van der Waals surface area contributed by atoms with Crippen molar-refractivity contribution in [1.82, 2.24) is 10.6 Å². The zero-order valence-corrected chi connectivity index (χ0v) is 10.4. The Balaban J connectivity index is 2.07. The Bertz CT molecular complexity index is 645. The number of hydrogen-bond acceptors (Lipinski definition) is 5. The lowest BCUT2D eigenvalue weighted by Crippen LogP contribution is -2.25. The molecule has 19 heavy (non-hydrogen) atoms. The number of nitrogens with zero attached hydrogens (tertiary/aromatic N) is 1. The van der Waals surface area contributed by atoms with Gasteiger partial charge in [0.05, 0.1) is 11.4 Å². The van der Waals surface area contributed by atoms with Gasteiger partial charge in [-0.2, -0.15) is 0 Å². The van der Waals surface area contributed by atoms with E-state index in [1.807, 2.05) is 0 Å². The van der Waals surface area contributed by atoms with E-state index in [0.29, 0.717) is 5.56 Å². The third-order valence-corrected chi connectivity index (χ3v) is 3.27. The highest BCUT2D eigenvalue weighted by atomic mass is 32.2. The first kappa shape index (κ1) is 13.2. The predicted octanol–water partition coefficient (Wildman–Crippen LogP) is -1.56. The summed E-state index contributed by atoms with van der Waals surface area (Å²) in [5.74, 6) is -1.45. The lowest BCUT2D eigenvalue weighted by molar-refractivity contribution is -0.135. The molecule has 1 aromatic carbocycles. The van der Waals surface area contributed by atoms with Gasteiger partial charge in [0, 0.05) is 0 Å². The Kier molecular flexibility index (Phi) is 3.32. The Morgan fingerprint density at radius 2 is 1.58 bits per heavy atom. The van der Waals surface area contributed by atoms with Crippen LogP contribution in [0.5, 0.6) is 0 Å². The molecule has 0 aromatic heterocycles. The molecule has 1 saturated heterocycles. The highest BCUT2D eigenvalue weighted by molar-refractivity contribution is 7.89. The van der Waals surface area contributed by atoms with Gasteiger partial charge in [-0.1, -0.05) is 12.1 Å². The second kappa shape index (κ2) is 4.78. The molecule has 1 heterocycles. The van der Waals surface area contributed by atoms with Crippen LogP contribution in [0.1, 0.15) is 5.56 Å². The lowest BCUT2D eigenvalue weighted by atomic mass is 10.2. The number of carbonyl (C=O) groups is 2. The minimum absolute atomic E-state index is 0.00590. The molecule has 1 aromatic rings. The van der Waals surface area contributed by atoms with Gasteiger partial charge in [0.15, 0.2) is 0 Å². The summed E-state index contributed by atoms with van der Waals surface area (Å²) in [6.07, 6.45) is 0. The zero-order chi connectivity index (χ0) is 14.0. The fraction of sp³-hybridized carbons (Fsp3) is 0.100. The maximum atomic E-state index is 11.0. The first-order valence-corrected chi connectivity index (χ1v) is 6.69. The molecule has 100 valence electrons. The molecule has 0 spiro atoms. The van der Waals surface area contributed by atoms with Crippen molar-refractivity contribution in [2.75, 3.05) is 0 Å². The van der Waals surface area contributed by atoms with Crippen LogP contribution in [0.25, 0.3) is 0 Å². The number of amides is 2. The standard InChI is InChI=1S/C10H10N4O4S/c11-19(17,18)7-3-1-6(2-4-7)5-12-10-13-8(15)9(16)14-10/h1-4H,5H2,(H2,11,17,18)(H2,12,13,14,15,16). The van der Waals surface area contributed by atoms with E-state index in [9.17, 15) is 18.0 Å². The largest absolute Gasteiger partial charge is 0.316 e. The number of primary sulfonamides is 1. The van der Waals surface area contributed by atoms with Gasteiger partial charge >= 0.3 is 11.8 Å². The third-order valence-electron chi connectivity index (χ3n) is 2.34. The molecular formula is C10H10N4O4S. The van der Waals surface area contributed by atoms with Crippen molar-refractivity contribution in [3.05, 3.63) is 29.8 Å². The number of hydrogen-bond donors (Lipinski definition) is 3. The number of carbonyl (C=O) groups excluding carboxylic acids is 2. The number of nitrogens with two attached hydrogens (primary N) is 1.